The first-order chi connectivity index (χ1) is 5.54. The van der Waals surface area contributed by atoms with E-state index in [1.165, 1.54) is 12.8 Å². The minimum Gasteiger partial charge on any atom is -0.343 e. The van der Waals surface area contributed by atoms with E-state index in [2.05, 4.69) is 6.92 Å². The minimum absolute atomic E-state index is 0.135. The maximum Gasteiger partial charge on any atom is 0.225 e. The van der Waals surface area contributed by atoms with Crippen molar-refractivity contribution in [3.63, 3.8) is 0 Å². The van der Waals surface area contributed by atoms with Gasteiger partial charge in [-0.2, -0.15) is 0 Å². The van der Waals surface area contributed by atoms with Crippen molar-refractivity contribution in [2.75, 3.05) is 7.05 Å². The third-order valence-electron chi connectivity index (χ3n) is 2.76. The average Bonchev–Trinajstić information content (AvgIpc) is 2.82. The molecule has 0 aromatic rings. The Kier molecular flexibility index (Phi) is 2.76. The average molecular weight is 169 g/mol. The normalized spacial score (nSPS) is 19.4. The molecule has 2 nitrogen and oxygen atoms in total. The standard InChI is InChI=1S/C10H19NO/c1-7(2)10(12)11(4)8(3)9-5-6-9/h7-9H,5-6H2,1-4H3. The van der Waals surface area contributed by atoms with Gasteiger partial charge in [0.05, 0.1) is 0 Å². The highest BCUT2D eigenvalue weighted by atomic mass is 16.2. The lowest BCUT2D eigenvalue weighted by Gasteiger charge is -2.26. The van der Waals surface area contributed by atoms with Gasteiger partial charge in [0.25, 0.3) is 0 Å². The molecule has 0 N–H and O–H groups in total. The van der Waals surface area contributed by atoms with E-state index in [9.17, 15) is 4.79 Å². The van der Waals surface area contributed by atoms with Gasteiger partial charge in [-0.3, -0.25) is 4.79 Å². The summed E-state index contributed by atoms with van der Waals surface area (Å²) in [7, 11) is 1.92. The Morgan fingerprint density at radius 1 is 1.33 bits per heavy atom. The van der Waals surface area contributed by atoms with E-state index in [1.54, 1.807) is 0 Å². The van der Waals surface area contributed by atoms with Crippen LogP contribution >= 0.6 is 0 Å². The molecule has 0 bridgehead atoms. The Morgan fingerprint density at radius 3 is 2.17 bits per heavy atom. The van der Waals surface area contributed by atoms with Gasteiger partial charge in [0.15, 0.2) is 0 Å². The monoisotopic (exact) mass is 169 g/mol. The van der Waals surface area contributed by atoms with E-state index < -0.39 is 0 Å². The van der Waals surface area contributed by atoms with Gasteiger partial charge in [0.1, 0.15) is 0 Å². The van der Waals surface area contributed by atoms with Gasteiger partial charge in [0, 0.05) is 19.0 Å². The Hall–Kier alpha value is -0.530. The molecule has 1 atom stereocenters. The van der Waals surface area contributed by atoms with Gasteiger partial charge in [-0.05, 0) is 25.7 Å². The Bertz CT molecular complexity index is 173. The van der Waals surface area contributed by atoms with E-state index in [0.717, 1.165) is 5.92 Å². The molecule has 12 heavy (non-hydrogen) atoms. The third kappa shape index (κ3) is 1.99. The molecule has 1 unspecified atom stereocenters. The van der Waals surface area contributed by atoms with E-state index in [-0.39, 0.29) is 11.8 Å². The highest BCUT2D eigenvalue weighted by molar-refractivity contribution is 5.78. The fourth-order valence-electron chi connectivity index (χ4n) is 1.50. The summed E-state index contributed by atoms with van der Waals surface area (Å²) in [6.45, 7) is 6.06. The van der Waals surface area contributed by atoms with Crippen molar-refractivity contribution < 1.29 is 4.79 Å². The largest absolute Gasteiger partial charge is 0.343 e. The van der Waals surface area contributed by atoms with E-state index >= 15 is 0 Å². The number of amides is 1. The first kappa shape index (κ1) is 9.56. The summed E-state index contributed by atoms with van der Waals surface area (Å²) in [6.07, 6.45) is 2.60. The molecule has 1 rings (SSSR count). The quantitative estimate of drug-likeness (QED) is 0.632. The van der Waals surface area contributed by atoms with Crippen LogP contribution in [0.5, 0.6) is 0 Å². The molecule has 1 saturated carbocycles. The van der Waals surface area contributed by atoms with Crippen molar-refractivity contribution >= 4 is 5.91 Å². The molecular formula is C10H19NO. The van der Waals surface area contributed by atoms with E-state index in [0.29, 0.717) is 6.04 Å². The second-order valence-electron chi connectivity index (χ2n) is 4.18. The molecule has 0 saturated heterocycles. The highest BCUT2D eigenvalue weighted by Crippen LogP contribution is 2.34. The number of hydrogen-bond acceptors (Lipinski definition) is 1. The van der Waals surface area contributed by atoms with Gasteiger partial charge in [0.2, 0.25) is 5.91 Å². The molecule has 70 valence electrons. The second-order valence-corrected chi connectivity index (χ2v) is 4.18. The zero-order valence-electron chi connectivity index (χ0n) is 8.50. The summed E-state index contributed by atoms with van der Waals surface area (Å²) in [5.41, 5.74) is 0. The van der Waals surface area contributed by atoms with Crippen LogP contribution in [0, 0.1) is 11.8 Å². The summed E-state index contributed by atoms with van der Waals surface area (Å²) in [4.78, 5) is 13.4. The van der Waals surface area contributed by atoms with Gasteiger partial charge in [-0.1, -0.05) is 13.8 Å². The molecule has 0 aromatic carbocycles. The fourth-order valence-corrected chi connectivity index (χ4v) is 1.50. The van der Waals surface area contributed by atoms with Crippen molar-refractivity contribution in [2.24, 2.45) is 11.8 Å². The summed E-state index contributed by atoms with van der Waals surface area (Å²) in [5, 5.41) is 0. The van der Waals surface area contributed by atoms with Gasteiger partial charge >= 0.3 is 0 Å². The first-order valence-corrected chi connectivity index (χ1v) is 4.80. The zero-order valence-corrected chi connectivity index (χ0v) is 8.50. The Balaban J connectivity index is 2.44. The van der Waals surface area contributed by atoms with E-state index in [4.69, 9.17) is 0 Å². The second kappa shape index (κ2) is 3.46. The minimum atomic E-state index is 0.135. The van der Waals surface area contributed by atoms with Crippen molar-refractivity contribution in [2.45, 2.75) is 39.7 Å². The van der Waals surface area contributed by atoms with Gasteiger partial charge in [-0.15, -0.1) is 0 Å². The van der Waals surface area contributed by atoms with Crippen molar-refractivity contribution in [1.29, 1.82) is 0 Å². The van der Waals surface area contributed by atoms with Crippen LogP contribution in [0.4, 0.5) is 0 Å². The molecule has 0 spiro atoms. The number of rotatable bonds is 3. The molecule has 1 amide bonds. The third-order valence-corrected chi connectivity index (χ3v) is 2.76. The van der Waals surface area contributed by atoms with Gasteiger partial charge in [-0.25, -0.2) is 0 Å². The summed E-state index contributed by atoms with van der Waals surface area (Å²) < 4.78 is 0. The summed E-state index contributed by atoms with van der Waals surface area (Å²) in [5.74, 6) is 1.18. The van der Waals surface area contributed by atoms with Crippen LogP contribution in [0.25, 0.3) is 0 Å². The highest BCUT2D eigenvalue weighted by Gasteiger charge is 2.32. The summed E-state index contributed by atoms with van der Waals surface area (Å²) in [6, 6.07) is 0.444. The summed E-state index contributed by atoms with van der Waals surface area (Å²) >= 11 is 0. The van der Waals surface area contributed by atoms with Crippen LogP contribution in [-0.4, -0.2) is 23.9 Å². The smallest absolute Gasteiger partial charge is 0.225 e. The van der Waals surface area contributed by atoms with Crippen molar-refractivity contribution in [3.05, 3.63) is 0 Å². The predicted molar refractivity (Wildman–Crippen MR) is 49.8 cm³/mol. The van der Waals surface area contributed by atoms with Crippen molar-refractivity contribution in [1.82, 2.24) is 4.90 Å². The molecule has 0 aromatic heterocycles. The number of hydrogen-bond donors (Lipinski definition) is 0. The van der Waals surface area contributed by atoms with Crippen molar-refractivity contribution in [3.8, 4) is 0 Å². The zero-order chi connectivity index (χ0) is 9.30. The van der Waals surface area contributed by atoms with Crippen LogP contribution in [0.1, 0.15) is 33.6 Å². The van der Waals surface area contributed by atoms with Crippen LogP contribution in [0.15, 0.2) is 0 Å². The lowest BCUT2D eigenvalue weighted by Crippen LogP contribution is -2.38. The van der Waals surface area contributed by atoms with Crippen LogP contribution in [-0.2, 0) is 4.79 Å². The number of carbonyl (C=O) groups is 1. The number of carbonyl (C=O) groups excluding carboxylic acids is 1. The lowest BCUT2D eigenvalue weighted by molar-refractivity contribution is -0.135. The SMILES string of the molecule is CC(C)C(=O)N(C)C(C)C1CC1. The Labute approximate surface area is 74.9 Å². The molecule has 1 aliphatic carbocycles. The first-order valence-electron chi connectivity index (χ1n) is 4.80. The lowest BCUT2D eigenvalue weighted by atomic mass is 10.1. The maximum absolute atomic E-state index is 11.5. The topological polar surface area (TPSA) is 20.3 Å². The fraction of sp³-hybridized carbons (Fsp3) is 0.900. The molecule has 1 aliphatic rings. The maximum atomic E-state index is 11.5. The Morgan fingerprint density at radius 2 is 1.83 bits per heavy atom. The number of nitrogens with zero attached hydrogens (tertiary/aromatic N) is 1. The molecule has 2 heteroatoms. The van der Waals surface area contributed by atoms with E-state index in [1.807, 2.05) is 25.8 Å². The van der Waals surface area contributed by atoms with Gasteiger partial charge < -0.3 is 4.90 Å². The molecule has 0 radical (unpaired) electrons. The predicted octanol–water partition coefficient (Wildman–Crippen LogP) is 1.90. The molecule has 0 aliphatic heterocycles. The molecule has 1 fully saturated rings. The van der Waals surface area contributed by atoms with Crippen LogP contribution in [0.2, 0.25) is 0 Å². The van der Waals surface area contributed by atoms with Crippen LogP contribution < -0.4 is 0 Å². The molecule has 0 heterocycles. The van der Waals surface area contributed by atoms with Crippen LogP contribution in [0.3, 0.4) is 0 Å². The molecular weight excluding hydrogens is 150 g/mol.